The van der Waals surface area contributed by atoms with Crippen molar-refractivity contribution in [3.8, 4) is 0 Å². The van der Waals surface area contributed by atoms with Gasteiger partial charge in [-0.2, -0.15) is 0 Å². The molecule has 0 unspecified atom stereocenters. The average molecular weight is 445 g/mol. The molecule has 3 aromatic carbocycles. The lowest BCUT2D eigenvalue weighted by molar-refractivity contribution is 0.0757. The van der Waals surface area contributed by atoms with Gasteiger partial charge in [-0.3, -0.25) is 9.59 Å². The first-order chi connectivity index (χ1) is 16.1. The maximum absolute atomic E-state index is 13.4. The van der Waals surface area contributed by atoms with Crippen LogP contribution in [0.1, 0.15) is 44.7 Å². The van der Waals surface area contributed by atoms with Crippen LogP contribution in [0.2, 0.25) is 0 Å². The van der Waals surface area contributed by atoms with Crippen molar-refractivity contribution in [3.05, 3.63) is 107 Å². The third-order valence-electron chi connectivity index (χ3n) is 6.17. The Bertz CT molecular complexity index is 1080. The Labute approximate surface area is 194 Å². The fourth-order valence-electron chi connectivity index (χ4n) is 4.34. The molecule has 1 saturated heterocycles. The molecule has 5 heteroatoms. The predicted octanol–water partition coefficient (Wildman–Crippen LogP) is 4.84. The molecule has 1 fully saturated rings. The van der Waals surface area contributed by atoms with Crippen LogP contribution in [0, 0.1) is 5.82 Å². The molecule has 0 radical (unpaired) electrons. The second-order valence-corrected chi connectivity index (χ2v) is 8.46. The normalized spacial score (nSPS) is 14.6. The third-order valence-corrected chi connectivity index (χ3v) is 6.17. The van der Waals surface area contributed by atoms with Crippen LogP contribution in [-0.2, 0) is 6.42 Å². The minimum absolute atomic E-state index is 0.118. The summed E-state index contributed by atoms with van der Waals surface area (Å²) >= 11 is 0. The van der Waals surface area contributed by atoms with E-state index in [2.05, 4.69) is 29.2 Å². The molecule has 170 valence electrons. The zero-order valence-corrected chi connectivity index (χ0v) is 18.8. The fraction of sp³-hybridized carbons (Fsp3) is 0.286. The minimum Gasteiger partial charge on any atom is -0.337 e. The number of rotatable bonds is 7. The monoisotopic (exact) mass is 444 g/mol. The summed E-state index contributed by atoms with van der Waals surface area (Å²) in [6.07, 6.45) is 3.05. The number of halogens is 1. The zero-order valence-electron chi connectivity index (χ0n) is 18.8. The van der Waals surface area contributed by atoms with E-state index in [0.717, 1.165) is 38.9 Å². The van der Waals surface area contributed by atoms with Gasteiger partial charge in [-0.25, -0.2) is 4.39 Å². The smallest absolute Gasteiger partial charge is 0.254 e. The van der Waals surface area contributed by atoms with Gasteiger partial charge in [0.25, 0.3) is 5.91 Å². The maximum atomic E-state index is 13.4. The number of benzene rings is 3. The highest BCUT2D eigenvalue weighted by molar-refractivity contribution is 6.15. The fourth-order valence-corrected chi connectivity index (χ4v) is 4.34. The molecule has 0 bridgehead atoms. The first-order valence-corrected chi connectivity index (χ1v) is 11.6. The van der Waals surface area contributed by atoms with Crippen molar-refractivity contribution in [2.75, 3.05) is 32.7 Å². The number of carbonyl (C=O) groups is 2. The molecule has 0 atom stereocenters. The molecule has 1 aliphatic rings. The first-order valence-electron chi connectivity index (χ1n) is 11.6. The standard InChI is InChI=1S/C28H29FN2O2/c29-24-15-13-23(14-16-24)27(32)25-11-4-5-12-26(25)28(33)31-19-7-18-30(20-21-31)17-6-10-22-8-2-1-3-9-22/h1-5,8-9,11-16H,6-7,10,17-21H2. The van der Waals surface area contributed by atoms with Crippen LogP contribution in [0.25, 0.3) is 0 Å². The molecule has 4 rings (SSSR count). The van der Waals surface area contributed by atoms with Crippen LogP contribution in [0.4, 0.5) is 4.39 Å². The summed E-state index contributed by atoms with van der Waals surface area (Å²) in [4.78, 5) is 30.7. The molecular weight excluding hydrogens is 415 g/mol. The van der Waals surface area contributed by atoms with Crippen LogP contribution in [0.3, 0.4) is 0 Å². The van der Waals surface area contributed by atoms with E-state index in [1.807, 2.05) is 11.0 Å². The van der Waals surface area contributed by atoms with E-state index >= 15 is 0 Å². The number of aryl methyl sites for hydroxylation is 1. The zero-order chi connectivity index (χ0) is 23.0. The maximum Gasteiger partial charge on any atom is 0.254 e. The van der Waals surface area contributed by atoms with Crippen molar-refractivity contribution in [1.29, 1.82) is 0 Å². The van der Waals surface area contributed by atoms with Crippen LogP contribution in [-0.4, -0.2) is 54.2 Å². The number of hydrogen-bond donors (Lipinski definition) is 0. The van der Waals surface area contributed by atoms with E-state index in [4.69, 9.17) is 0 Å². The lowest BCUT2D eigenvalue weighted by atomic mass is 9.97. The van der Waals surface area contributed by atoms with Crippen molar-refractivity contribution >= 4 is 11.7 Å². The van der Waals surface area contributed by atoms with E-state index in [0.29, 0.717) is 29.8 Å². The van der Waals surface area contributed by atoms with Gasteiger partial charge in [0.2, 0.25) is 0 Å². The van der Waals surface area contributed by atoms with Crippen molar-refractivity contribution in [3.63, 3.8) is 0 Å². The van der Waals surface area contributed by atoms with Gasteiger partial charge < -0.3 is 9.80 Å². The highest BCUT2D eigenvalue weighted by Crippen LogP contribution is 2.18. The van der Waals surface area contributed by atoms with E-state index < -0.39 is 5.82 Å². The Morgan fingerprint density at radius 3 is 2.21 bits per heavy atom. The van der Waals surface area contributed by atoms with Crippen molar-refractivity contribution in [1.82, 2.24) is 9.80 Å². The SMILES string of the molecule is O=C(c1ccc(F)cc1)c1ccccc1C(=O)N1CCCN(CCCc2ccccc2)CC1. The number of amides is 1. The summed E-state index contributed by atoms with van der Waals surface area (Å²) in [6.45, 7) is 4.12. The lowest BCUT2D eigenvalue weighted by Crippen LogP contribution is -2.36. The molecule has 1 aliphatic heterocycles. The summed E-state index contributed by atoms with van der Waals surface area (Å²) in [6, 6.07) is 22.9. The molecule has 0 N–H and O–H groups in total. The second kappa shape index (κ2) is 11.0. The van der Waals surface area contributed by atoms with Gasteiger partial charge in [0.05, 0.1) is 5.56 Å². The largest absolute Gasteiger partial charge is 0.337 e. The molecular formula is C28H29FN2O2. The Morgan fingerprint density at radius 2 is 1.45 bits per heavy atom. The van der Waals surface area contributed by atoms with Gasteiger partial charge in [0, 0.05) is 30.8 Å². The van der Waals surface area contributed by atoms with Crippen molar-refractivity contribution in [2.45, 2.75) is 19.3 Å². The van der Waals surface area contributed by atoms with Gasteiger partial charge in [-0.1, -0.05) is 48.5 Å². The molecule has 33 heavy (non-hydrogen) atoms. The van der Waals surface area contributed by atoms with Gasteiger partial charge in [-0.15, -0.1) is 0 Å². The molecule has 0 aliphatic carbocycles. The Balaban J connectivity index is 1.38. The third kappa shape index (κ3) is 5.93. The summed E-state index contributed by atoms with van der Waals surface area (Å²) in [7, 11) is 0. The molecule has 1 heterocycles. The summed E-state index contributed by atoms with van der Waals surface area (Å²) in [5, 5.41) is 0. The molecule has 3 aromatic rings. The van der Waals surface area contributed by atoms with Crippen molar-refractivity contribution in [2.24, 2.45) is 0 Å². The molecule has 0 saturated carbocycles. The topological polar surface area (TPSA) is 40.6 Å². The van der Waals surface area contributed by atoms with Crippen LogP contribution >= 0.6 is 0 Å². The van der Waals surface area contributed by atoms with E-state index in [-0.39, 0.29) is 11.7 Å². The molecule has 0 spiro atoms. The van der Waals surface area contributed by atoms with Crippen LogP contribution < -0.4 is 0 Å². The Kier molecular flexibility index (Phi) is 7.63. The summed E-state index contributed by atoms with van der Waals surface area (Å²) in [5.41, 5.74) is 2.49. The quantitative estimate of drug-likeness (QED) is 0.490. The summed E-state index contributed by atoms with van der Waals surface area (Å²) < 4.78 is 13.3. The van der Waals surface area contributed by atoms with E-state index in [9.17, 15) is 14.0 Å². The van der Waals surface area contributed by atoms with Crippen molar-refractivity contribution < 1.29 is 14.0 Å². The molecule has 4 nitrogen and oxygen atoms in total. The van der Waals surface area contributed by atoms with Gasteiger partial charge in [0.15, 0.2) is 5.78 Å². The molecule has 1 amide bonds. The van der Waals surface area contributed by atoms with E-state index in [1.54, 1.807) is 24.3 Å². The van der Waals surface area contributed by atoms with Crippen LogP contribution in [0.5, 0.6) is 0 Å². The summed E-state index contributed by atoms with van der Waals surface area (Å²) in [5.74, 6) is -0.780. The minimum atomic E-state index is -0.395. The van der Waals surface area contributed by atoms with Crippen LogP contribution in [0.15, 0.2) is 78.9 Å². The molecule has 0 aromatic heterocycles. The average Bonchev–Trinajstić information content (AvgIpc) is 3.10. The van der Waals surface area contributed by atoms with Gasteiger partial charge in [0.1, 0.15) is 5.82 Å². The Morgan fingerprint density at radius 1 is 0.758 bits per heavy atom. The first kappa shape index (κ1) is 22.9. The highest BCUT2D eigenvalue weighted by Gasteiger charge is 2.24. The number of carbonyl (C=O) groups excluding carboxylic acids is 2. The highest BCUT2D eigenvalue weighted by atomic mass is 19.1. The van der Waals surface area contributed by atoms with Gasteiger partial charge in [-0.05, 0) is 68.2 Å². The number of nitrogens with zero attached hydrogens (tertiary/aromatic N) is 2. The van der Waals surface area contributed by atoms with Gasteiger partial charge >= 0.3 is 0 Å². The predicted molar refractivity (Wildman–Crippen MR) is 128 cm³/mol. The lowest BCUT2D eigenvalue weighted by Gasteiger charge is -2.23. The number of ketones is 1. The Hall–Kier alpha value is -3.31. The van der Waals surface area contributed by atoms with E-state index in [1.165, 1.54) is 29.8 Å². The number of hydrogen-bond acceptors (Lipinski definition) is 3. The second-order valence-electron chi connectivity index (χ2n) is 8.46.